The summed E-state index contributed by atoms with van der Waals surface area (Å²) < 4.78 is 10.3. The summed E-state index contributed by atoms with van der Waals surface area (Å²) in [5.41, 5.74) is 2.68. The van der Waals surface area contributed by atoms with Crippen molar-refractivity contribution in [3.8, 4) is 5.75 Å². The van der Waals surface area contributed by atoms with Gasteiger partial charge in [0.1, 0.15) is 5.75 Å². The zero-order valence-corrected chi connectivity index (χ0v) is 17.2. The van der Waals surface area contributed by atoms with Crippen molar-refractivity contribution >= 4 is 17.6 Å². The van der Waals surface area contributed by atoms with Gasteiger partial charge in [0.15, 0.2) is 6.04 Å². The monoisotopic (exact) mass is 397 g/mol. The molecule has 3 rings (SSSR count). The molecule has 1 aliphatic rings. The van der Waals surface area contributed by atoms with Crippen molar-refractivity contribution in [2.75, 3.05) is 32.6 Å². The van der Waals surface area contributed by atoms with Crippen molar-refractivity contribution in [3.63, 3.8) is 0 Å². The number of hydrogen-bond acceptors (Lipinski definition) is 4. The zero-order chi connectivity index (χ0) is 20.8. The van der Waals surface area contributed by atoms with E-state index < -0.39 is 0 Å². The van der Waals surface area contributed by atoms with E-state index in [1.807, 2.05) is 55.5 Å². The highest BCUT2D eigenvalue weighted by Gasteiger charge is 2.37. The Morgan fingerprint density at radius 1 is 1.07 bits per heavy atom. The third kappa shape index (κ3) is 4.95. The van der Waals surface area contributed by atoms with Crippen molar-refractivity contribution in [1.29, 1.82) is 0 Å². The first kappa shape index (κ1) is 20.9. The average molecular weight is 397 g/mol. The number of methoxy groups -OCH3 is 2. The summed E-state index contributed by atoms with van der Waals surface area (Å²) in [6.45, 7) is 3.45. The Hall–Kier alpha value is -2.86. The van der Waals surface area contributed by atoms with Crippen LogP contribution in [0, 0.1) is 12.8 Å². The molecule has 0 radical (unpaired) electrons. The van der Waals surface area contributed by atoms with Crippen molar-refractivity contribution in [3.05, 3.63) is 59.7 Å². The second kappa shape index (κ2) is 9.56. The molecule has 1 saturated heterocycles. The van der Waals surface area contributed by atoms with Gasteiger partial charge in [-0.15, -0.1) is 0 Å². The van der Waals surface area contributed by atoms with E-state index in [0.717, 1.165) is 29.1 Å². The minimum Gasteiger partial charge on any atom is -0.495 e. The first-order valence-corrected chi connectivity index (χ1v) is 9.96. The summed E-state index contributed by atoms with van der Waals surface area (Å²) in [6.07, 6.45) is 1.43. The lowest BCUT2D eigenvalue weighted by Crippen LogP contribution is -3.14. The first-order chi connectivity index (χ1) is 14.0. The maximum Gasteiger partial charge on any atom is 0.309 e. The molecule has 1 atom stereocenters. The normalized spacial score (nSPS) is 19.8. The summed E-state index contributed by atoms with van der Waals surface area (Å²) in [7, 11) is 3.02. The topological polar surface area (TPSA) is 69.1 Å². The van der Waals surface area contributed by atoms with Gasteiger partial charge >= 0.3 is 5.97 Å². The van der Waals surface area contributed by atoms with Gasteiger partial charge < -0.3 is 19.7 Å². The Balaban J connectivity index is 1.83. The van der Waals surface area contributed by atoms with Crippen LogP contribution in [0.5, 0.6) is 5.75 Å². The molecular weight excluding hydrogens is 368 g/mol. The number of carbonyl (C=O) groups excluding carboxylic acids is 2. The van der Waals surface area contributed by atoms with Gasteiger partial charge in [0.2, 0.25) is 0 Å². The maximum absolute atomic E-state index is 13.4. The number of likely N-dealkylation sites (tertiary alicyclic amines) is 1. The summed E-state index contributed by atoms with van der Waals surface area (Å²) in [5, 5.41) is 3.07. The molecular formula is C23H29N2O4+. The third-order valence-corrected chi connectivity index (χ3v) is 5.58. The molecule has 1 amide bonds. The van der Waals surface area contributed by atoms with Crippen molar-refractivity contribution in [1.82, 2.24) is 0 Å². The number of rotatable bonds is 6. The molecule has 0 aliphatic carbocycles. The minimum absolute atomic E-state index is 0.0772. The highest BCUT2D eigenvalue weighted by atomic mass is 16.5. The Kier molecular flexibility index (Phi) is 6.88. The van der Waals surface area contributed by atoms with Crippen LogP contribution in [-0.4, -0.2) is 39.2 Å². The molecule has 6 heteroatoms. The predicted molar refractivity (Wildman–Crippen MR) is 111 cm³/mol. The van der Waals surface area contributed by atoms with E-state index in [4.69, 9.17) is 9.47 Å². The molecule has 2 aromatic carbocycles. The molecule has 1 fully saturated rings. The second-order valence-corrected chi connectivity index (χ2v) is 7.49. The van der Waals surface area contributed by atoms with E-state index in [1.54, 1.807) is 7.11 Å². The van der Waals surface area contributed by atoms with E-state index in [-0.39, 0.29) is 23.8 Å². The van der Waals surface area contributed by atoms with Gasteiger partial charge in [0.05, 0.1) is 38.9 Å². The number of benzene rings is 2. The van der Waals surface area contributed by atoms with E-state index in [1.165, 1.54) is 7.11 Å². The zero-order valence-electron chi connectivity index (χ0n) is 17.2. The molecule has 29 heavy (non-hydrogen) atoms. The fraction of sp³-hybridized carbons (Fsp3) is 0.391. The second-order valence-electron chi connectivity index (χ2n) is 7.49. The fourth-order valence-electron chi connectivity index (χ4n) is 4.02. The molecule has 0 saturated carbocycles. The van der Waals surface area contributed by atoms with Crippen LogP contribution < -0.4 is 15.0 Å². The van der Waals surface area contributed by atoms with Crippen LogP contribution in [0.3, 0.4) is 0 Å². The fourth-order valence-corrected chi connectivity index (χ4v) is 4.02. The number of piperidine rings is 1. The Morgan fingerprint density at radius 2 is 1.76 bits per heavy atom. The summed E-state index contributed by atoms with van der Waals surface area (Å²) in [5.74, 6) is 0.316. The molecule has 1 heterocycles. The van der Waals surface area contributed by atoms with Crippen LogP contribution in [0.15, 0.2) is 48.5 Å². The van der Waals surface area contributed by atoms with Crippen LogP contribution in [0.2, 0.25) is 0 Å². The molecule has 6 nitrogen and oxygen atoms in total. The highest BCUT2D eigenvalue weighted by Crippen LogP contribution is 2.26. The number of esters is 1. The number of amides is 1. The average Bonchev–Trinajstić information content (AvgIpc) is 2.75. The van der Waals surface area contributed by atoms with E-state index in [0.29, 0.717) is 24.3 Å². The Morgan fingerprint density at radius 3 is 2.38 bits per heavy atom. The largest absolute Gasteiger partial charge is 0.495 e. The maximum atomic E-state index is 13.4. The molecule has 1 aliphatic heterocycles. The molecule has 0 unspecified atom stereocenters. The van der Waals surface area contributed by atoms with E-state index in [9.17, 15) is 9.59 Å². The Labute approximate surface area is 171 Å². The van der Waals surface area contributed by atoms with Gasteiger partial charge in [-0.05, 0) is 24.6 Å². The standard InChI is InChI=1S/C23H28N2O4/c1-16-9-10-20(28-2)19(15-16)24-22(26)21(17-7-5-4-6-8-17)25-13-11-18(12-14-25)23(27)29-3/h4-10,15,18,21H,11-14H2,1-3H3,(H,24,26)/p+1/t21-/m0/s1. The third-order valence-electron chi connectivity index (χ3n) is 5.58. The van der Waals surface area contributed by atoms with Gasteiger partial charge in [-0.2, -0.15) is 0 Å². The van der Waals surface area contributed by atoms with E-state index >= 15 is 0 Å². The van der Waals surface area contributed by atoms with Gasteiger partial charge in [-0.25, -0.2) is 0 Å². The Bertz CT molecular complexity index is 845. The summed E-state index contributed by atoms with van der Waals surface area (Å²) >= 11 is 0. The number of quaternary nitrogens is 1. The van der Waals surface area contributed by atoms with Crippen molar-refractivity contribution in [2.24, 2.45) is 5.92 Å². The van der Waals surface area contributed by atoms with Crippen LogP contribution >= 0.6 is 0 Å². The molecule has 0 spiro atoms. The van der Waals surface area contributed by atoms with Crippen LogP contribution in [0.1, 0.15) is 30.0 Å². The molecule has 0 bridgehead atoms. The SMILES string of the molecule is COC(=O)C1CC[NH+]([C@H](C(=O)Nc2cc(C)ccc2OC)c2ccccc2)CC1. The van der Waals surface area contributed by atoms with Gasteiger partial charge in [-0.1, -0.05) is 36.4 Å². The number of hydrogen-bond donors (Lipinski definition) is 2. The lowest BCUT2D eigenvalue weighted by atomic mass is 9.94. The molecule has 2 N–H and O–H groups in total. The van der Waals surface area contributed by atoms with Crippen LogP contribution in [0.25, 0.3) is 0 Å². The number of aryl methyl sites for hydroxylation is 1. The predicted octanol–water partition coefficient (Wildman–Crippen LogP) is 2.15. The smallest absolute Gasteiger partial charge is 0.309 e. The van der Waals surface area contributed by atoms with Crippen LogP contribution in [0.4, 0.5) is 5.69 Å². The number of nitrogens with one attached hydrogen (secondary N) is 2. The summed E-state index contributed by atoms with van der Waals surface area (Å²) in [6, 6.07) is 15.2. The van der Waals surface area contributed by atoms with Gasteiger partial charge in [0.25, 0.3) is 5.91 Å². The minimum atomic E-state index is -0.361. The lowest BCUT2D eigenvalue weighted by Gasteiger charge is -2.33. The first-order valence-electron chi connectivity index (χ1n) is 9.96. The quantitative estimate of drug-likeness (QED) is 0.733. The number of anilines is 1. The molecule has 2 aromatic rings. The highest BCUT2D eigenvalue weighted by molar-refractivity contribution is 5.96. The lowest BCUT2D eigenvalue weighted by molar-refractivity contribution is -0.927. The van der Waals surface area contributed by atoms with Crippen molar-refractivity contribution < 1.29 is 24.0 Å². The molecule has 154 valence electrons. The van der Waals surface area contributed by atoms with Crippen LogP contribution in [-0.2, 0) is 14.3 Å². The van der Waals surface area contributed by atoms with Gasteiger partial charge in [0, 0.05) is 18.4 Å². The molecule has 0 aromatic heterocycles. The number of ether oxygens (including phenoxy) is 2. The summed E-state index contributed by atoms with van der Waals surface area (Å²) in [4.78, 5) is 26.4. The number of carbonyl (C=O) groups is 2. The van der Waals surface area contributed by atoms with E-state index in [2.05, 4.69) is 5.32 Å². The van der Waals surface area contributed by atoms with Crippen molar-refractivity contribution in [2.45, 2.75) is 25.8 Å². The van der Waals surface area contributed by atoms with Gasteiger partial charge in [-0.3, -0.25) is 9.59 Å².